The monoisotopic (exact) mass is 381 g/mol. The average molecular weight is 382 g/mol. The van der Waals surface area contributed by atoms with Crippen LogP contribution in [0.4, 0.5) is 0 Å². The minimum atomic E-state index is -0.722. The molecule has 1 aromatic carbocycles. The van der Waals surface area contributed by atoms with E-state index in [1.165, 1.54) is 12.8 Å². The van der Waals surface area contributed by atoms with Crippen molar-refractivity contribution < 1.29 is 19.4 Å². The van der Waals surface area contributed by atoms with Crippen LogP contribution in [0, 0.1) is 5.92 Å². The lowest BCUT2D eigenvalue weighted by Crippen LogP contribution is -2.41. The number of ether oxygens (including phenoxy) is 2. The molecule has 1 heterocycles. The van der Waals surface area contributed by atoms with Crippen LogP contribution in [0.25, 0.3) is 0 Å². The van der Waals surface area contributed by atoms with E-state index < -0.39 is 12.0 Å². The summed E-state index contributed by atoms with van der Waals surface area (Å²) in [5, 5.41) is 10.2. The molecular formula is C20H28ClNO4. The normalized spacial score (nSPS) is 25.7. The van der Waals surface area contributed by atoms with Crippen LogP contribution < -0.4 is 9.47 Å². The number of carboxylic acids is 1. The van der Waals surface area contributed by atoms with Gasteiger partial charge in [0.25, 0.3) is 0 Å². The van der Waals surface area contributed by atoms with Crippen molar-refractivity contribution in [1.29, 1.82) is 0 Å². The summed E-state index contributed by atoms with van der Waals surface area (Å²) in [4.78, 5) is 14.0. The van der Waals surface area contributed by atoms with E-state index in [2.05, 4.69) is 4.90 Å². The SMILES string of the molecule is CCCOc1c(Cl)cc(CN2C(C(=O)O)CC3CCCCC32)cc1OC. The second-order valence-corrected chi connectivity index (χ2v) is 7.74. The van der Waals surface area contributed by atoms with Gasteiger partial charge in [0.05, 0.1) is 18.7 Å². The highest BCUT2D eigenvalue weighted by molar-refractivity contribution is 6.32. The predicted molar refractivity (Wildman–Crippen MR) is 101 cm³/mol. The topological polar surface area (TPSA) is 59.0 Å². The van der Waals surface area contributed by atoms with Gasteiger partial charge < -0.3 is 14.6 Å². The predicted octanol–water partition coefficient (Wildman–Crippen LogP) is 4.36. The molecule has 5 nitrogen and oxygen atoms in total. The molecular weight excluding hydrogens is 354 g/mol. The lowest BCUT2D eigenvalue weighted by molar-refractivity contribution is -0.142. The first-order valence-corrected chi connectivity index (χ1v) is 9.90. The molecule has 144 valence electrons. The van der Waals surface area contributed by atoms with Crippen LogP contribution in [0.2, 0.25) is 5.02 Å². The van der Waals surface area contributed by atoms with Crippen LogP contribution in [0.1, 0.15) is 51.0 Å². The van der Waals surface area contributed by atoms with Crippen molar-refractivity contribution in [1.82, 2.24) is 4.90 Å². The number of nitrogens with zero attached hydrogens (tertiary/aromatic N) is 1. The summed E-state index contributed by atoms with van der Waals surface area (Å²) in [7, 11) is 1.60. The molecule has 0 radical (unpaired) electrons. The number of carbonyl (C=O) groups is 1. The van der Waals surface area contributed by atoms with E-state index in [0.29, 0.717) is 41.6 Å². The van der Waals surface area contributed by atoms with Gasteiger partial charge in [-0.15, -0.1) is 0 Å². The van der Waals surface area contributed by atoms with Crippen molar-refractivity contribution in [3.8, 4) is 11.5 Å². The third-order valence-electron chi connectivity index (χ3n) is 5.61. The van der Waals surface area contributed by atoms with Gasteiger partial charge in [-0.25, -0.2) is 0 Å². The summed E-state index contributed by atoms with van der Waals surface area (Å²) in [6.45, 7) is 3.18. The molecule has 3 atom stereocenters. The fraction of sp³-hybridized carbons (Fsp3) is 0.650. The zero-order valence-electron chi connectivity index (χ0n) is 15.5. The van der Waals surface area contributed by atoms with Crippen LogP contribution >= 0.6 is 11.6 Å². The third-order valence-corrected chi connectivity index (χ3v) is 5.89. The molecule has 6 heteroatoms. The molecule has 1 aliphatic heterocycles. The maximum absolute atomic E-state index is 11.8. The number of aliphatic carboxylic acids is 1. The molecule has 0 aromatic heterocycles. The third kappa shape index (κ3) is 3.94. The Morgan fingerprint density at radius 3 is 2.81 bits per heavy atom. The Morgan fingerprint density at radius 1 is 1.35 bits per heavy atom. The van der Waals surface area contributed by atoms with Gasteiger partial charge in [-0.05, 0) is 49.3 Å². The highest BCUT2D eigenvalue weighted by Gasteiger charge is 2.45. The summed E-state index contributed by atoms with van der Waals surface area (Å²) in [5.74, 6) is 0.938. The lowest BCUT2D eigenvalue weighted by Gasteiger charge is -2.33. The Bertz CT molecular complexity index is 651. The van der Waals surface area contributed by atoms with Gasteiger partial charge in [0.2, 0.25) is 0 Å². The minimum absolute atomic E-state index is 0.352. The second kappa shape index (κ2) is 8.49. The molecule has 3 unspecified atom stereocenters. The van der Waals surface area contributed by atoms with E-state index in [1.807, 2.05) is 19.1 Å². The fourth-order valence-electron chi connectivity index (χ4n) is 4.44. The Morgan fingerprint density at radius 2 is 2.12 bits per heavy atom. The van der Waals surface area contributed by atoms with Gasteiger partial charge >= 0.3 is 5.97 Å². The largest absolute Gasteiger partial charge is 0.493 e. The Labute approximate surface area is 160 Å². The number of halogens is 1. The molecule has 1 aromatic rings. The number of methoxy groups -OCH3 is 1. The van der Waals surface area contributed by atoms with Crippen molar-refractivity contribution in [3.05, 3.63) is 22.7 Å². The number of likely N-dealkylation sites (tertiary alicyclic amines) is 1. The van der Waals surface area contributed by atoms with Crippen molar-refractivity contribution in [2.45, 2.75) is 64.1 Å². The second-order valence-electron chi connectivity index (χ2n) is 7.33. The maximum atomic E-state index is 11.8. The lowest BCUT2D eigenvalue weighted by atomic mass is 9.84. The van der Waals surface area contributed by atoms with E-state index in [4.69, 9.17) is 21.1 Å². The first-order chi connectivity index (χ1) is 12.5. The molecule has 0 bridgehead atoms. The molecule has 2 fully saturated rings. The zero-order chi connectivity index (χ0) is 18.7. The van der Waals surface area contributed by atoms with E-state index in [0.717, 1.165) is 31.2 Å². The van der Waals surface area contributed by atoms with Gasteiger partial charge in [-0.1, -0.05) is 31.4 Å². The smallest absolute Gasteiger partial charge is 0.320 e. The molecule has 0 spiro atoms. The van der Waals surface area contributed by atoms with Crippen molar-refractivity contribution in [2.24, 2.45) is 5.92 Å². The molecule has 1 saturated carbocycles. The average Bonchev–Trinajstić information content (AvgIpc) is 2.99. The Kier molecular flexibility index (Phi) is 6.30. The Balaban J connectivity index is 1.84. The maximum Gasteiger partial charge on any atom is 0.320 e. The van der Waals surface area contributed by atoms with Gasteiger partial charge in [-0.3, -0.25) is 9.69 Å². The van der Waals surface area contributed by atoms with Crippen LogP contribution in [0.15, 0.2) is 12.1 Å². The summed E-state index contributed by atoms with van der Waals surface area (Å²) >= 11 is 6.43. The van der Waals surface area contributed by atoms with Gasteiger partial charge in [-0.2, -0.15) is 0 Å². The molecule has 1 saturated heterocycles. The summed E-state index contributed by atoms with van der Waals surface area (Å²) < 4.78 is 11.2. The highest BCUT2D eigenvalue weighted by Crippen LogP contribution is 2.42. The van der Waals surface area contributed by atoms with E-state index in [9.17, 15) is 9.90 Å². The Hall–Kier alpha value is -1.46. The number of hydrogen-bond acceptors (Lipinski definition) is 4. The van der Waals surface area contributed by atoms with Gasteiger partial charge in [0.15, 0.2) is 11.5 Å². The summed E-state index contributed by atoms with van der Waals surface area (Å²) in [6.07, 6.45) is 6.25. The molecule has 1 aliphatic carbocycles. The van der Waals surface area contributed by atoms with Gasteiger partial charge in [0.1, 0.15) is 6.04 Å². The van der Waals surface area contributed by atoms with Crippen molar-refractivity contribution in [3.63, 3.8) is 0 Å². The number of carboxylic acid groups (broad SMARTS) is 1. The van der Waals surface area contributed by atoms with Crippen molar-refractivity contribution >= 4 is 17.6 Å². The molecule has 2 aliphatic rings. The fourth-order valence-corrected chi connectivity index (χ4v) is 4.73. The number of benzene rings is 1. The first-order valence-electron chi connectivity index (χ1n) is 9.52. The van der Waals surface area contributed by atoms with E-state index in [1.54, 1.807) is 7.11 Å². The zero-order valence-corrected chi connectivity index (χ0v) is 16.3. The van der Waals surface area contributed by atoms with Crippen molar-refractivity contribution in [2.75, 3.05) is 13.7 Å². The molecule has 3 rings (SSSR count). The highest BCUT2D eigenvalue weighted by atomic mass is 35.5. The summed E-state index contributed by atoms with van der Waals surface area (Å²) in [6, 6.07) is 3.74. The van der Waals surface area contributed by atoms with Gasteiger partial charge in [0, 0.05) is 12.6 Å². The quantitative estimate of drug-likeness (QED) is 0.760. The van der Waals surface area contributed by atoms with Crippen LogP contribution in [-0.2, 0) is 11.3 Å². The minimum Gasteiger partial charge on any atom is -0.493 e. The molecule has 0 amide bonds. The van der Waals surface area contributed by atoms with Crippen LogP contribution in [0.5, 0.6) is 11.5 Å². The number of rotatable bonds is 7. The number of hydrogen-bond donors (Lipinski definition) is 1. The standard InChI is InChI=1S/C20H28ClNO4/c1-3-8-26-19-15(21)9-13(10-18(19)25-2)12-22-16-7-5-4-6-14(16)11-17(22)20(23)24/h9-10,14,16-17H,3-8,11-12H2,1-2H3,(H,23,24). The molecule has 26 heavy (non-hydrogen) atoms. The number of fused-ring (bicyclic) bond motifs is 1. The summed E-state index contributed by atoms with van der Waals surface area (Å²) in [5.41, 5.74) is 0.966. The van der Waals surface area contributed by atoms with Crippen LogP contribution in [0.3, 0.4) is 0 Å². The molecule has 1 N–H and O–H groups in total. The van der Waals surface area contributed by atoms with E-state index >= 15 is 0 Å². The van der Waals surface area contributed by atoms with Crippen LogP contribution in [-0.4, -0.2) is 41.8 Å². The van der Waals surface area contributed by atoms with E-state index in [-0.39, 0.29) is 0 Å². The first kappa shape index (κ1) is 19.3.